The van der Waals surface area contributed by atoms with Crippen molar-refractivity contribution in [3.8, 4) is 0 Å². The van der Waals surface area contributed by atoms with Crippen molar-refractivity contribution >= 4 is 11.3 Å². The van der Waals surface area contributed by atoms with Gasteiger partial charge in [0.15, 0.2) is 0 Å². The highest BCUT2D eigenvalue weighted by Gasteiger charge is 2.06. The maximum Gasteiger partial charge on any atom is 0.304 e. The molecule has 10 heavy (non-hydrogen) atoms. The maximum atomic E-state index is 10.8. The minimum Gasteiger partial charge on any atom is -0.317 e. The molecule has 0 amide bonds. The lowest BCUT2D eigenvalue weighted by Gasteiger charge is -1.99. The highest BCUT2D eigenvalue weighted by Crippen LogP contribution is 2.19. The van der Waals surface area contributed by atoms with Crippen molar-refractivity contribution in [1.82, 2.24) is 4.98 Å². The SMILES string of the molecule is Cc1[nH]c(=O)sc1C(C)C. The molecule has 0 saturated heterocycles. The zero-order valence-corrected chi connectivity index (χ0v) is 7.21. The Balaban J connectivity index is 3.15. The number of nitrogens with one attached hydrogen (secondary N) is 1. The van der Waals surface area contributed by atoms with Crippen molar-refractivity contribution in [3.63, 3.8) is 0 Å². The predicted octanol–water partition coefficient (Wildman–Crippen LogP) is 1.87. The third-order valence-corrected chi connectivity index (χ3v) is 2.67. The second-order valence-corrected chi connectivity index (χ2v) is 3.67. The summed E-state index contributed by atoms with van der Waals surface area (Å²) in [5, 5.41) is 0. The molecule has 1 aromatic rings. The number of thiazole rings is 1. The van der Waals surface area contributed by atoms with E-state index in [1.807, 2.05) is 6.92 Å². The lowest BCUT2D eigenvalue weighted by atomic mass is 10.1. The molecule has 0 bridgehead atoms. The highest BCUT2D eigenvalue weighted by molar-refractivity contribution is 7.09. The van der Waals surface area contributed by atoms with E-state index in [0.29, 0.717) is 5.92 Å². The molecule has 0 saturated carbocycles. The average Bonchev–Trinajstić information content (AvgIpc) is 2.10. The molecule has 0 fully saturated rings. The molecule has 2 nitrogen and oxygen atoms in total. The summed E-state index contributed by atoms with van der Waals surface area (Å²) in [6.07, 6.45) is 0. The van der Waals surface area contributed by atoms with Gasteiger partial charge in [-0.1, -0.05) is 25.2 Å². The third kappa shape index (κ3) is 1.29. The largest absolute Gasteiger partial charge is 0.317 e. The molecule has 3 heteroatoms. The minimum atomic E-state index is 0.0567. The molecule has 1 aromatic heterocycles. The van der Waals surface area contributed by atoms with Gasteiger partial charge in [0.25, 0.3) is 0 Å². The first-order chi connectivity index (χ1) is 4.61. The third-order valence-electron chi connectivity index (χ3n) is 1.39. The second kappa shape index (κ2) is 2.58. The van der Waals surface area contributed by atoms with Gasteiger partial charge in [-0.3, -0.25) is 4.79 Å². The van der Waals surface area contributed by atoms with Crippen molar-refractivity contribution in [2.24, 2.45) is 0 Å². The summed E-state index contributed by atoms with van der Waals surface area (Å²) in [4.78, 5) is 14.8. The summed E-state index contributed by atoms with van der Waals surface area (Å²) in [5.74, 6) is 0.462. The molecule has 0 aliphatic heterocycles. The molecule has 56 valence electrons. The first-order valence-corrected chi connectivity index (χ1v) is 4.12. The van der Waals surface area contributed by atoms with Gasteiger partial charge in [0.2, 0.25) is 0 Å². The van der Waals surface area contributed by atoms with E-state index in [0.717, 1.165) is 5.69 Å². The van der Waals surface area contributed by atoms with Gasteiger partial charge in [0.05, 0.1) is 0 Å². The first-order valence-electron chi connectivity index (χ1n) is 3.31. The molecule has 0 aliphatic carbocycles. The van der Waals surface area contributed by atoms with Crippen molar-refractivity contribution in [3.05, 3.63) is 20.2 Å². The van der Waals surface area contributed by atoms with Crippen LogP contribution >= 0.6 is 11.3 Å². The molecule has 0 unspecified atom stereocenters. The predicted molar refractivity (Wildman–Crippen MR) is 43.8 cm³/mol. The average molecular weight is 157 g/mol. The Labute approximate surface area is 63.9 Å². The van der Waals surface area contributed by atoms with Gasteiger partial charge in [-0.05, 0) is 12.8 Å². The zero-order valence-electron chi connectivity index (χ0n) is 6.39. The van der Waals surface area contributed by atoms with E-state index in [-0.39, 0.29) is 4.87 Å². The lowest BCUT2D eigenvalue weighted by Crippen LogP contribution is -1.91. The number of hydrogen-bond donors (Lipinski definition) is 1. The van der Waals surface area contributed by atoms with Gasteiger partial charge < -0.3 is 4.98 Å². The monoisotopic (exact) mass is 157 g/mol. The van der Waals surface area contributed by atoms with Crippen molar-refractivity contribution in [1.29, 1.82) is 0 Å². The maximum absolute atomic E-state index is 10.8. The Hall–Kier alpha value is -0.570. The van der Waals surface area contributed by atoms with Crippen LogP contribution in [0.2, 0.25) is 0 Å². The number of hydrogen-bond acceptors (Lipinski definition) is 2. The Bertz CT molecular complexity index is 271. The van der Waals surface area contributed by atoms with Crippen LogP contribution in [0.4, 0.5) is 0 Å². The summed E-state index contributed by atoms with van der Waals surface area (Å²) in [6, 6.07) is 0. The summed E-state index contributed by atoms with van der Waals surface area (Å²) in [5.41, 5.74) is 1.02. The van der Waals surface area contributed by atoms with E-state index >= 15 is 0 Å². The van der Waals surface area contributed by atoms with E-state index in [1.54, 1.807) is 0 Å². The number of aryl methyl sites for hydroxylation is 1. The van der Waals surface area contributed by atoms with Crippen molar-refractivity contribution in [2.45, 2.75) is 26.7 Å². The van der Waals surface area contributed by atoms with Crippen LogP contribution in [-0.2, 0) is 0 Å². The van der Waals surface area contributed by atoms with Gasteiger partial charge in [-0.2, -0.15) is 0 Å². The van der Waals surface area contributed by atoms with Crippen LogP contribution in [-0.4, -0.2) is 4.98 Å². The molecule has 0 atom stereocenters. The fourth-order valence-corrected chi connectivity index (χ4v) is 1.81. The van der Waals surface area contributed by atoms with E-state index in [9.17, 15) is 4.79 Å². The van der Waals surface area contributed by atoms with Gasteiger partial charge in [0, 0.05) is 10.6 Å². The summed E-state index contributed by atoms with van der Waals surface area (Å²) < 4.78 is 0. The van der Waals surface area contributed by atoms with Gasteiger partial charge in [0.1, 0.15) is 0 Å². The molecule has 1 N–H and O–H groups in total. The van der Waals surface area contributed by atoms with E-state index in [4.69, 9.17) is 0 Å². The van der Waals surface area contributed by atoms with Crippen LogP contribution in [0.25, 0.3) is 0 Å². The molecule has 1 rings (SSSR count). The van der Waals surface area contributed by atoms with Crippen LogP contribution in [0.3, 0.4) is 0 Å². The fourth-order valence-electron chi connectivity index (χ4n) is 0.967. The molecule has 0 spiro atoms. The quantitative estimate of drug-likeness (QED) is 0.663. The lowest BCUT2D eigenvalue weighted by molar-refractivity contribution is 0.872. The Morgan fingerprint density at radius 1 is 1.50 bits per heavy atom. The fraction of sp³-hybridized carbons (Fsp3) is 0.571. The Morgan fingerprint density at radius 3 is 2.30 bits per heavy atom. The standard InChI is InChI=1S/C7H11NOS/c1-4(2)6-5(3)8-7(9)10-6/h4H,1-3H3,(H,8,9). The van der Waals surface area contributed by atoms with Crippen LogP contribution in [0.5, 0.6) is 0 Å². The normalized spacial score (nSPS) is 10.8. The molecular formula is C7H11NOS. The number of aromatic amines is 1. The number of H-pyrrole nitrogens is 1. The van der Waals surface area contributed by atoms with E-state index in [1.165, 1.54) is 16.2 Å². The van der Waals surface area contributed by atoms with Crippen LogP contribution in [0.1, 0.15) is 30.3 Å². The molecular weight excluding hydrogens is 146 g/mol. The van der Waals surface area contributed by atoms with Gasteiger partial charge >= 0.3 is 4.87 Å². The molecule has 0 aromatic carbocycles. The van der Waals surface area contributed by atoms with Crippen molar-refractivity contribution < 1.29 is 0 Å². The van der Waals surface area contributed by atoms with Crippen LogP contribution in [0, 0.1) is 6.92 Å². The van der Waals surface area contributed by atoms with E-state index < -0.39 is 0 Å². The van der Waals surface area contributed by atoms with Gasteiger partial charge in [-0.15, -0.1) is 0 Å². The Morgan fingerprint density at radius 2 is 2.10 bits per heavy atom. The number of rotatable bonds is 1. The summed E-state index contributed by atoms with van der Waals surface area (Å²) in [6.45, 7) is 6.12. The first kappa shape index (κ1) is 7.54. The highest BCUT2D eigenvalue weighted by atomic mass is 32.1. The second-order valence-electron chi connectivity index (χ2n) is 2.66. The van der Waals surface area contributed by atoms with E-state index in [2.05, 4.69) is 18.8 Å². The summed E-state index contributed by atoms with van der Waals surface area (Å²) >= 11 is 1.31. The smallest absolute Gasteiger partial charge is 0.304 e. The van der Waals surface area contributed by atoms with Crippen LogP contribution in [0.15, 0.2) is 4.79 Å². The molecule has 0 radical (unpaired) electrons. The van der Waals surface area contributed by atoms with Crippen molar-refractivity contribution in [2.75, 3.05) is 0 Å². The topological polar surface area (TPSA) is 32.9 Å². The zero-order chi connectivity index (χ0) is 7.72. The number of aromatic nitrogens is 1. The summed E-state index contributed by atoms with van der Waals surface area (Å²) in [7, 11) is 0. The van der Waals surface area contributed by atoms with Crippen LogP contribution < -0.4 is 4.87 Å². The molecule has 0 aliphatic rings. The minimum absolute atomic E-state index is 0.0567. The Kier molecular flexibility index (Phi) is 1.94. The molecule has 1 heterocycles. The van der Waals surface area contributed by atoms with Gasteiger partial charge in [-0.25, -0.2) is 0 Å².